The molecule has 3 heteroatoms. The van der Waals surface area contributed by atoms with Crippen molar-refractivity contribution in [3.63, 3.8) is 0 Å². The van der Waals surface area contributed by atoms with E-state index in [1.54, 1.807) is 0 Å². The molecule has 2 fully saturated rings. The predicted molar refractivity (Wildman–Crippen MR) is 144 cm³/mol. The van der Waals surface area contributed by atoms with Crippen molar-refractivity contribution in [2.45, 2.75) is 77.2 Å². The molecule has 0 amide bonds. The molecule has 0 N–H and O–H groups in total. The van der Waals surface area contributed by atoms with Gasteiger partial charge in [0.15, 0.2) is 5.79 Å². The molecule has 1 spiro atoms. The van der Waals surface area contributed by atoms with Gasteiger partial charge in [-0.3, -0.25) is 0 Å². The first-order valence-electron chi connectivity index (χ1n) is 12.2. The normalized spacial score (nSPS) is 21.8. The van der Waals surface area contributed by atoms with E-state index in [-0.39, 0.29) is 5.16 Å². The molecule has 0 aromatic heterocycles. The Labute approximate surface area is 201 Å². The van der Waals surface area contributed by atoms with E-state index < -0.39 is 13.7 Å². The Bertz CT molecular complexity index is 1060. The average molecular weight is 463 g/mol. The summed E-state index contributed by atoms with van der Waals surface area (Å²) in [6.07, 6.45) is 3.72. The number of benzene rings is 2. The lowest BCUT2D eigenvalue weighted by atomic mass is 9.85. The molecule has 2 saturated heterocycles. The molecule has 2 aliphatic rings. The molecule has 0 saturated carbocycles. The summed E-state index contributed by atoms with van der Waals surface area (Å²) in [5.74, 6) is 0.418. The van der Waals surface area contributed by atoms with Crippen molar-refractivity contribution >= 4 is 19.3 Å². The van der Waals surface area contributed by atoms with E-state index in [9.17, 15) is 0 Å². The minimum absolute atomic E-state index is 0.0231. The van der Waals surface area contributed by atoms with Crippen molar-refractivity contribution in [1.29, 1.82) is 0 Å². The monoisotopic (exact) mass is 462 g/mol. The maximum absolute atomic E-state index is 6.12. The van der Waals surface area contributed by atoms with Crippen LogP contribution in [0.4, 0.5) is 0 Å². The first-order valence-corrected chi connectivity index (χ1v) is 13.6. The molecule has 0 bridgehead atoms. The molecular weight excluding hydrogens is 423 g/mol. The fourth-order valence-corrected chi connectivity index (χ4v) is 8.98. The lowest BCUT2D eigenvalue weighted by Crippen LogP contribution is -2.44. The first kappa shape index (κ1) is 24.4. The van der Waals surface area contributed by atoms with Crippen molar-refractivity contribution in [2.75, 3.05) is 13.2 Å². The van der Waals surface area contributed by atoms with E-state index in [4.69, 9.17) is 9.47 Å². The molecule has 176 valence electrons. The highest BCUT2D eigenvalue weighted by Crippen LogP contribution is 2.65. The second kappa shape index (κ2) is 9.14. The lowest BCUT2D eigenvalue weighted by Gasteiger charge is -2.48. The van der Waals surface area contributed by atoms with Gasteiger partial charge < -0.3 is 9.47 Å². The molecule has 2 heterocycles. The number of ether oxygens (including phenoxy) is 2. The summed E-state index contributed by atoms with van der Waals surface area (Å²) < 4.78 is 12.2. The van der Waals surface area contributed by atoms with Gasteiger partial charge in [0.25, 0.3) is 0 Å². The topological polar surface area (TPSA) is 18.5 Å². The Morgan fingerprint density at radius 1 is 1.00 bits per heavy atom. The Morgan fingerprint density at radius 2 is 1.67 bits per heavy atom. The molecule has 0 aliphatic carbocycles. The maximum atomic E-state index is 6.12. The van der Waals surface area contributed by atoms with Crippen LogP contribution in [0.5, 0.6) is 0 Å². The molecule has 2 aromatic carbocycles. The van der Waals surface area contributed by atoms with Crippen molar-refractivity contribution in [1.82, 2.24) is 0 Å². The minimum atomic E-state index is -0.616. The fraction of sp³-hybridized carbons (Fsp3) is 0.467. The Hall–Kier alpha value is -1.73. The highest BCUT2D eigenvalue weighted by Gasteiger charge is 2.51. The maximum Gasteiger partial charge on any atom is 0.173 e. The molecule has 4 rings (SSSR count). The van der Waals surface area contributed by atoms with Crippen LogP contribution in [0, 0.1) is 0 Å². The van der Waals surface area contributed by atoms with Crippen LogP contribution in [-0.4, -0.2) is 24.2 Å². The number of hydrogen-bond acceptors (Lipinski definition) is 2. The summed E-state index contributed by atoms with van der Waals surface area (Å²) >= 11 is 0. The summed E-state index contributed by atoms with van der Waals surface area (Å²) in [6.45, 7) is 24.0. The zero-order valence-electron chi connectivity index (χ0n) is 21.2. The van der Waals surface area contributed by atoms with E-state index in [0.29, 0.717) is 25.0 Å². The van der Waals surface area contributed by atoms with Gasteiger partial charge in [0.2, 0.25) is 0 Å². The van der Waals surface area contributed by atoms with Gasteiger partial charge >= 0.3 is 0 Å². The number of rotatable bonds is 5. The quantitative estimate of drug-likeness (QED) is 0.417. The molecule has 1 unspecified atom stereocenters. The third-order valence-corrected chi connectivity index (χ3v) is 10.1. The second-order valence-electron chi connectivity index (χ2n) is 10.8. The SMILES string of the molecule is C=Cc1cc(C(C)C)cc(C(C)C)c1-c1ccccc1P1C(=C)CC2(CC1(C)C)OCCO2. The van der Waals surface area contributed by atoms with Crippen LogP contribution in [0.1, 0.15) is 82.9 Å². The van der Waals surface area contributed by atoms with E-state index in [1.165, 1.54) is 38.4 Å². The van der Waals surface area contributed by atoms with Crippen LogP contribution < -0.4 is 5.30 Å². The van der Waals surface area contributed by atoms with Crippen LogP contribution >= 0.6 is 7.92 Å². The van der Waals surface area contributed by atoms with Gasteiger partial charge in [0.1, 0.15) is 0 Å². The van der Waals surface area contributed by atoms with Crippen LogP contribution in [0.25, 0.3) is 17.2 Å². The second-order valence-corrected chi connectivity index (χ2v) is 13.8. The van der Waals surface area contributed by atoms with Gasteiger partial charge in [-0.15, -0.1) is 0 Å². The van der Waals surface area contributed by atoms with E-state index in [2.05, 4.69) is 91.1 Å². The van der Waals surface area contributed by atoms with Gasteiger partial charge in [-0.05, 0) is 63.3 Å². The largest absolute Gasteiger partial charge is 0.347 e. The molecule has 1 atom stereocenters. The van der Waals surface area contributed by atoms with Gasteiger partial charge in [-0.1, -0.05) is 97.2 Å². The van der Waals surface area contributed by atoms with Gasteiger partial charge in [-0.25, -0.2) is 0 Å². The predicted octanol–water partition coefficient (Wildman–Crippen LogP) is 8.18. The van der Waals surface area contributed by atoms with Gasteiger partial charge in [-0.2, -0.15) is 0 Å². The van der Waals surface area contributed by atoms with Crippen molar-refractivity contribution < 1.29 is 9.47 Å². The molecular formula is C30H39O2P. The van der Waals surface area contributed by atoms with Gasteiger partial charge in [0.05, 0.1) is 13.2 Å². The highest BCUT2D eigenvalue weighted by atomic mass is 31.1. The first-order chi connectivity index (χ1) is 15.6. The summed E-state index contributed by atoms with van der Waals surface area (Å²) in [5, 5.41) is 2.70. The molecule has 2 aliphatic heterocycles. The standard InChI is InChI=1S/C30H39O2P/c1-9-23-16-24(20(2)3)17-26(21(4)5)28(23)25-12-10-11-13-27(25)33-22(6)18-30(19-29(33,7)8)31-14-15-32-30/h9-13,16-17,20-21H,1,6,14-15,18-19H2,2-5,7-8H3. The molecule has 0 radical (unpaired) electrons. The van der Waals surface area contributed by atoms with Crippen LogP contribution in [-0.2, 0) is 9.47 Å². The summed E-state index contributed by atoms with van der Waals surface area (Å²) in [7, 11) is -0.616. The van der Waals surface area contributed by atoms with Crippen molar-refractivity contribution in [3.8, 4) is 11.1 Å². The zero-order chi connectivity index (χ0) is 24.0. The highest BCUT2D eigenvalue weighted by molar-refractivity contribution is 7.71. The molecule has 33 heavy (non-hydrogen) atoms. The van der Waals surface area contributed by atoms with Crippen LogP contribution in [0.2, 0.25) is 0 Å². The Morgan fingerprint density at radius 3 is 2.24 bits per heavy atom. The van der Waals surface area contributed by atoms with Crippen molar-refractivity contribution in [2.24, 2.45) is 0 Å². The molecule has 2 nitrogen and oxygen atoms in total. The lowest BCUT2D eigenvalue weighted by molar-refractivity contribution is -0.165. The summed E-state index contributed by atoms with van der Waals surface area (Å²) in [5.41, 5.74) is 6.67. The Balaban J connectivity index is 1.89. The summed E-state index contributed by atoms with van der Waals surface area (Å²) in [6, 6.07) is 13.7. The van der Waals surface area contributed by atoms with Crippen LogP contribution in [0.15, 0.2) is 54.9 Å². The van der Waals surface area contributed by atoms with Crippen molar-refractivity contribution in [3.05, 3.63) is 71.6 Å². The number of hydrogen-bond donors (Lipinski definition) is 0. The zero-order valence-corrected chi connectivity index (χ0v) is 22.1. The van der Waals surface area contributed by atoms with E-state index in [1.807, 2.05) is 6.08 Å². The van der Waals surface area contributed by atoms with Gasteiger partial charge in [0, 0.05) is 12.8 Å². The Kier molecular flexibility index (Phi) is 6.76. The van der Waals surface area contributed by atoms with E-state index >= 15 is 0 Å². The average Bonchev–Trinajstić information content (AvgIpc) is 3.18. The molecule has 2 aromatic rings. The minimum Gasteiger partial charge on any atom is -0.347 e. The fourth-order valence-electron chi connectivity index (χ4n) is 5.67. The summed E-state index contributed by atoms with van der Waals surface area (Å²) in [4.78, 5) is 0. The van der Waals surface area contributed by atoms with E-state index in [0.717, 1.165) is 12.8 Å². The smallest absolute Gasteiger partial charge is 0.173 e. The third kappa shape index (κ3) is 4.51. The third-order valence-electron chi connectivity index (χ3n) is 7.06. The van der Waals surface area contributed by atoms with Crippen LogP contribution in [0.3, 0.4) is 0 Å².